The van der Waals surface area contributed by atoms with Crippen LogP contribution in [0.15, 0.2) is 76.8 Å². The number of aryl methyl sites for hydroxylation is 1. The molecule has 3 aromatic rings. The van der Waals surface area contributed by atoms with Crippen molar-refractivity contribution in [1.82, 2.24) is 15.0 Å². The highest BCUT2D eigenvalue weighted by molar-refractivity contribution is 6.02. The van der Waals surface area contributed by atoms with Crippen molar-refractivity contribution in [3.05, 3.63) is 89.6 Å². The number of allylic oxidation sites excluding steroid dienone is 3. The monoisotopic (exact) mass is 498 g/mol. The zero-order chi connectivity index (χ0) is 25.8. The van der Waals surface area contributed by atoms with Gasteiger partial charge in [0, 0.05) is 31.1 Å². The maximum atomic E-state index is 13.9. The summed E-state index contributed by atoms with van der Waals surface area (Å²) in [5.74, 6) is 1.84. The summed E-state index contributed by atoms with van der Waals surface area (Å²) in [6, 6.07) is 17.8. The summed E-state index contributed by atoms with van der Waals surface area (Å²) >= 11 is 0. The smallest absolute Gasteiger partial charge is 0.242 e. The van der Waals surface area contributed by atoms with Crippen LogP contribution in [0.1, 0.15) is 43.5 Å². The maximum absolute atomic E-state index is 13.9. The van der Waals surface area contributed by atoms with E-state index in [1.807, 2.05) is 54.6 Å². The zero-order valence-corrected chi connectivity index (χ0v) is 21.7. The molecular weight excluding hydrogens is 464 g/mol. The Morgan fingerprint density at radius 3 is 2.76 bits per heavy atom. The van der Waals surface area contributed by atoms with Crippen LogP contribution in [0.5, 0.6) is 5.75 Å². The third kappa shape index (κ3) is 5.52. The molecular formula is C30H34N4O3. The lowest BCUT2D eigenvalue weighted by molar-refractivity contribution is -0.120. The molecule has 37 heavy (non-hydrogen) atoms. The summed E-state index contributed by atoms with van der Waals surface area (Å²) in [5.41, 5.74) is 2.90. The molecule has 0 radical (unpaired) electrons. The standard InChI is InChI=1S/C30H34N4O3/c1-21-18-30(28-31-22(2)37-33-28,15-14-27(21)24-10-5-4-6-11-24)29(35)32-25-12-7-13-26(17-25)36-20-23-9-8-16-34(3)19-23/h4-7,10-15,17,23H,8-9,16,18-20H2,1-3H3,(H,32,35). The summed E-state index contributed by atoms with van der Waals surface area (Å²) in [7, 11) is 2.16. The second-order valence-corrected chi connectivity index (χ2v) is 10.2. The van der Waals surface area contributed by atoms with Crippen molar-refractivity contribution in [2.45, 2.75) is 38.5 Å². The summed E-state index contributed by atoms with van der Waals surface area (Å²) in [6.45, 7) is 6.65. The highest BCUT2D eigenvalue weighted by atomic mass is 16.5. The summed E-state index contributed by atoms with van der Waals surface area (Å²) < 4.78 is 11.4. The van der Waals surface area contributed by atoms with Crippen LogP contribution in [0.3, 0.4) is 0 Å². The molecule has 1 N–H and O–H groups in total. The van der Waals surface area contributed by atoms with Crippen molar-refractivity contribution in [1.29, 1.82) is 0 Å². The number of anilines is 1. The Kier molecular flexibility index (Phi) is 7.24. The Hall–Kier alpha value is -3.71. The predicted molar refractivity (Wildman–Crippen MR) is 144 cm³/mol. The first-order valence-corrected chi connectivity index (χ1v) is 12.9. The van der Waals surface area contributed by atoms with Gasteiger partial charge in [-0.15, -0.1) is 0 Å². The van der Waals surface area contributed by atoms with Crippen LogP contribution in [0.4, 0.5) is 5.69 Å². The fraction of sp³-hybridized carbons (Fsp3) is 0.367. The number of hydrogen-bond donors (Lipinski definition) is 1. The number of ether oxygens (including phenoxy) is 1. The molecule has 2 aromatic carbocycles. The minimum absolute atomic E-state index is 0.206. The van der Waals surface area contributed by atoms with Crippen LogP contribution >= 0.6 is 0 Å². The summed E-state index contributed by atoms with van der Waals surface area (Å²) in [5, 5.41) is 7.26. The van der Waals surface area contributed by atoms with Crippen LogP contribution in [0.25, 0.3) is 5.57 Å². The average Bonchev–Trinajstić information content (AvgIpc) is 3.35. The molecule has 0 bridgehead atoms. The average molecular weight is 499 g/mol. The Bertz CT molecular complexity index is 1310. The molecule has 1 aliphatic heterocycles. The topological polar surface area (TPSA) is 80.5 Å². The van der Waals surface area contributed by atoms with Gasteiger partial charge in [-0.2, -0.15) is 4.98 Å². The molecule has 1 fully saturated rings. The van der Waals surface area contributed by atoms with E-state index in [0.717, 1.165) is 35.5 Å². The number of piperidine rings is 1. The largest absolute Gasteiger partial charge is 0.493 e. The van der Waals surface area contributed by atoms with Crippen molar-refractivity contribution < 1.29 is 14.1 Å². The van der Waals surface area contributed by atoms with E-state index in [9.17, 15) is 4.79 Å². The van der Waals surface area contributed by atoms with E-state index in [1.54, 1.807) is 6.92 Å². The number of carbonyl (C=O) groups excluding carboxylic acids is 1. The van der Waals surface area contributed by atoms with Crippen LogP contribution < -0.4 is 10.1 Å². The van der Waals surface area contributed by atoms with E-state index in [4.69, 9.17) is 9.26 Å². The molecule has 1 aliphatic carbocycles. The lowest BCUT2D eigenvalue weighted by Crippen LogP contribution is -2.41. The van der Waals surface area contributed by atoms with Gasteiger partial charge in [0.2, 0.25) is 11.8 Å². The van der Waals surface area contributed by atoms with E-state index < -0.39 is 5.41 Å². The van der Waals surface area contributed by atoms with Gasteiger partial charge in [-0.1, -0.05) is 59.3 Å². The Morgan fingerprint density at radius 1 is 1.19 bits per heavy atom. The SMILES string of the molecule is CC1=C(c2ccccc2)C=CC(C(=O)Nc2cccc(OCC3CCCN(C)C3)c2)(c2noc(C)n2)C1. The predicted octanol–water partition coefficient (Wildman–Crippen LogP) is 5.41. The molecule has 1 aromatic heterocycles. The van der Waals surface area contributed by atoms with Crippen molar-refractivity contribution in [3.8, 4) is 5.75 Å². The van der Waals surface area contributed by atoms with Gasteiger partial charge < -0.3 is 19.5 Å². The Morgan fingerprint density at radius 2 is 2.03 bits per heavy atom. The summed E-state index contributed by atoms with van der Waals surface area (Å²) in [6.07, 6.45) is 6.73. The molecule has 192 valence electrons. The van der Waals surface area contributed by atoms with Crippen molar-refractivity contribution in [2.75, 3.05) is 32.1 Å². The molecule has 7 nitrogen and oxygen atoms in total. The lowest BCUT2D eigenvalue weighted by Gasteiger charge is -2.31. The third-order valence-corrected chi connectivity index (χ3v) is 7.25. The lowest BCUT2D eigenvalue weighted by atomic mass is 9.74. The second-order valence-electron chi connectivity index (χ2n) is 10.2. The van der Waals surface area contributed by atoms with Gasteiger partial charge in [0.05, 0.1) is 6.61 Å². The molecule has 1 saturated heterocycles. The number of aromatic nitrogens is 2. The number of benzene rings is 2. The van der Waals surface area contributed by atoms with Gasteiger partial charge in [-0.3, -0.25) is 4.79 Å². The van der Waals surface area contributed by atoms with Crippen LogP contribution in [-0.2, 0) is 10.2 Å². The quantitative estimate of drug-likeness (QED) is 0.469. The Balaban J connectivity index is 1.35. The highest BCUT2D eigenvalue weighted by Crippen LogP contribution is 2.40. The zero-order valence-electron chi connectivity index (χ0n) is 21.7. The fourth-order valence-corrected chi connectivity index (χ4v) is 5.32. The van der Waals surface area contributed by atoms with Gasteiger partial charge in [-0.25, -0.2) is 0 Å². The first-order chi connectivity index (χ1) is 17.9. The van der Waals surface area contributed by atoms with E-state index in [-0.39, 0.29) is 5.91 Å². The first kappa shape index (κ1) is 25.0. The molecule has 1 amide bonds. The fourth-order valence-electron chi connectivity index (χ4n) is 5.32. The molecule has 2 heterocycles. The molecule has 2 unspecified atom stereocenters. The molecule has 2 aliphatic rings. The molecule has 0 saturated carbocycles. The molecule has 5 rings (SSSR count). The van der Waals surface area contributed by atoms with Crippen molar-refractivity contribution >= 4 is 17.2 Å². The second kappa shape index (κ2) is 10.7. The van der Waals surface area contributed by atoms with E-state index >= 15 is 0 Å². The van der Waals surface area contributed by atoms with E-state index in [2.05, 4.69) is 46.5 Å². The van der Waals surface area contributed by atoms with Gasteiger partial charge in [0.15, 0.2) is 5.82 Å². The van der Waals surface area contributed by atoms with Gasteiger partial charge >= 0.3 is 0 Å². The number of hydrogen-bond acceptors (Lipinski definition) is 6. The minimum Gasteiger partial charge on any atom is -0.493 e. The van der Waals surface area contributed by atoms with Gasteiger partial charge in [0.25, 0.3) is 0 Å². The first-order valence-electron chi connectivity index (χ1n) is 12.9. The summed E-state index contributed by atoms with van der Waals surface area (Å²) in [4.78, 5) is 20.7. The molecule has 2 atom stereocenters. The number of likely N-dealkylation sites (tertiary alicyclic amines) is 1. The number of rotatable bonds is 7. The number of carbonyl (C=O) groups is 1. The maximum Gasteiger partial charge on any atom is 0.242 e. The van der Waals surface area contributed by atoms with Crippen LogP contribution in [-0.4, -0.2) is 47.7 Å². The third-order valence-electron chi connectivity index (χ3n) is 7.25. The van der Waals surface area contributed by atoms with Crippen molar-refractivity contribution in [3.63, 3.8) is 0 Å². The van der Waals surface area contributed by atoms with Gasteiger partial charge in [-0.05, 0) is 63.0 Å². The normalized spacial score (nSPS) is 22.2. The number of amides is 1. The van der Waals surface area contributed by atoms with Gasteiger partial charge in [0.1, 0.15) is 11.2 Å². The van der Waals surface area contributed by atoms with Crippen molar-refractivity contribution in [2.24, 2.45) is 5.92 Å². The van der Waals surface area contributed by atoms with Crippen LogP contribution in [0, 0.1) is 12.8 Å². The highest BCUT2D eigenvalue weighted by Gasteiger charge is 2.44. The van der Waals surface area contributed by atoms with Crippen LogP contribution in [0.2, 0.25) is 0 Å². The molecule has 7 heteroatoms. The number of nitrogens with one attached hydrogen (secondary N) is 1. The number of nitrogens with zero attached hydrogens (tertiary/aromatic N) is 3. The van der Waals surface area contributed by atoms with E-state index in [0.29, 0.717) is 36.3 Å². The minimum atomic E-state index is -1.08. The Labute approximate surface area is 218 Å². The van der Waals surface area contributed by atoms with E-state index in [1.165, 1.54) is 12.8 Å². The molecule has 0 spiro atoms.